The molecule has 0 bridgehead atoms. The lowest BCUT2D eigenvalue weighted by molar-refractivity contribution is 0.177. The number of hydrogen-bond donors (Lipinski definition) is 1. The van der Waals surface area contributed by atoms with Crippen molar-refractivity contribution in [3.05, 3.63) is 69.7 Å². The monoisotopic (exact) mass is 312 g/mol. The van der Waals surface area contributed by atoms with Crippen LogP contribution in [0.4, 0.5) is 8.78 Å². The standard InChI is InChI=1S/C14H11BrF2O/c15-11-4-2-1-3-10(11)14(18)8-9-5-6-12(16)13(17)7-9/h1-7,14,18H,8H2. The van der Waals surface area contributed by atoms with Crippen LogP contribution in [0, 0.1) is 11.6 Å². The summed E-state index contributed by atoms with van der Waals surface area (Å²) in [6.45, 7) is 0. The average molecular weight is 313 g/mol. The Morgan fingerprint density at radius 2 is 1.78 bits per heavy atom. The fourth-order valence-electron chi connectivity index (χ4n) is 1.75. The first kappa shape index (κ1) is 13.2. The normalized spacial score (nSPS) is 12.4. The summed E-state index contributed by atoms with van der Waals surface area (Å²) >= 11 is 3.34. The molecule has 1 atom stereocenters. The summed E-state index contributed by atoms with van der Waals surface area (Å²) in [5, 5.41) is 10.1. The van der Waals surface area contributed by atoms with Crippen molar-refractivity contribution >= 4 is 15.9 Å². The highest BCUT2D eigenvalue weighted by Crippen LogP contribution is 2.26. The van der Waals surface area contributed by atoms with Gasteiger partial charge in [0.15, 0.2) is 11.6 Å². The summed E-state index contributed by atoms with van der Waals surface area (Å²) in [7, 11) is 0. The molecule has 0 saturated carbocycles. The molecule has 0 aliphatic heterocycles. The third-order valence-corrected chi connectivity index (χ3v) is 3.40. The van der Waals surface area contributed by atoms with Crippen molar-refractivity contribution in [2.75, 3.05) is 0 Å². The van der Waals surface area contributed by atoms with Crippen LogP contribution in [0.3, 0.4) is 0 Å². The molecule has 2 rings (SSSR count). The Kier molecular flexibility index (Phi) is 4.09. The Morgan fingerprint density at radius 1 is 1.06 bits per heavy atom. The molecule has 18 heavy (non-hydrogen) atoms. The van der Waals surface area contributed by atoms with Gasteiger partial charge in [0.2, 0.25) is 0 Å². The minimum atomic E-state index is -0.896. The van der Waals surface area contributed by atoms with Crippen LogP contribution in [0.25, 0.3) is 0 Å². The summed E-state index contributed by atoms with van der Waals surface area (Å²) in [6.07, 6.45) is -0.523. The maximum Gasteiger partial charge on any atom is 0.159 e. The highest BCUT2D eigenvalue weighted by Gasteiger charge is 2.12. The smallest absolute Gasteiger partial charge is 0.159 e. The van der Waals surface area contributed by atoms with Gasteiger partial charge in [-0.2, -0.15) is 0 Å². The van der Waals surface area contributed by atoms with Crippen molar-refractivity contribution in [3.8, 4) is 0 Å². The number of rotatable bonds is 3. The van der Waals surface area contributed by atoms with Crippen LogP contribution < -0.4 is 0 Å². The third kappa shape index (κ3) is 2.94. The molecular formula is C14H11BrF2O. The molecule has 0 amide bonds. The SMILES string of the molecule is OC(Cc1ccc(F)c(F)c1)c1ccccc1Br. The lowest BCUT2D eigenvalue weighted by atomic mass is 10.0. The molecule has 1 nitrogen and oxygen atoms in total. The predicted octanol–water partition coefficient (Wildman–Crippen LogP) is 4.00. The van der Waals surface area contributed by atoms with E-state index in [1.807, 2.05) is 18.2 Å². The Balaban J connectivity index is 2.19. The van der Waals surface area contributed by atoms with Gasteiger partial charge in [-0.15, -0.1) is 0 Å². The second kappa shape index (κ2) is 5.59. The van der Waals surface area contributed by atoms with Gasteiger partial charge >= 0.3 is 0 Å². The van der Waals surface area contributed by atoms with Crippen molar-refractivity contribution in [1.29, 1.82) is 0 Å². The number of aliphatic hydroxyl groups excluding tert-OH is 1. The topological polar surface area (TPSA) is 20.2 Å². The predicted molar refractivity (Wildman–Crippen MR) is 69.2 cm³/mol. The third-order valence-electron chi connectivity index (χ3n) is 2.68. The van der Waals surface area contributed by atoms with Gasteiger partial charge in [0, 0.05) is 10.9 Å². The van der Waals surface area contributed by atoms with E-state index in [1.54, 1.807) is 6.07 Å². The highest BCUT2D eigenvalue weighted by molar-refractivity contribution is 9.10. The van der Waals surface area contributed by atoms with Crippen LogP contribution in [-0.2, 0) is 6.42 Å². The Hall–Kier alpha value is -1.26. The van der Waals surface area contributed by atoms with Crippen LogP contribution in [0.2, 0.25) is 0 Å². The van der Waals surface area contributed by atoms with Gasteiger partial charge in [-0.1, -0.05) is 40.2 Å². The zero-order chi connectivity index (χ0) is 13.1. The van der Waals surface area contributed by atoms with E-state index in [4.69, 9.17) is 0 Å². The lowest BCUT2D eigenvalue weighted by Gasteiger charge is -2.13. The van der Waals surface area contributed by atoms with Gasteiger partial charge in [-0.05, 0) is 29.3 Å². The molecule has 0 spiro atoms. The molecule has 0 saturated heterocycles. The summed E-state index contributed by atoms with van der Waals surface area (Å²) in [5.74, 6) is -1.78. The summed E-state index contributed by atoms with van der Waals surface area (Å²) in [6, 6.07) is 10.9. The summed E-state index contributed by atoms with van der Waals surface area (Å²) < 4.78 is 26.6. The first-order valence-corrected chi connectivity index (χ1v) is 6.23. The van der Waals surface area contributed by atoms with Crippen LogP contribution >= 0.6 is 15.9 Å². The van der Waals surface area contributed by atoms with Gasteiger partial charge in [0.1, 0.15) is 0 Å². The molecule has 0 radical (unpaired) electrons. The zero-order valence-electron chi connectivity index (χ0n) is 9.41. The molecule has 0 aromatic heterocycles. The largest absolute Gasteiger partial charge is 0.388 e. The van der Waals surface area contributed by atoms with Gasteiger partial charge < -0.3 is 5.11 Å². The molecule has 1 unspecified atom stereocenters. The molecule has 2 aromatic rings. The summed E-state index contributed by atoms with van der Waals surface area (Å²) in [5.41, 5.74) is 1.28. The number of benzene rings is 2. The molecule has 0 fully saturated rings. The van der Waals surface area contributed by atoms with Gasteiger partial charge in [-0.25, -0.2) is 8.78 Å². The maximum atomic E-state index is 13.0. The van der Waals surface area contributed by atoms with Crippen molar-refractivity contribution < 1.29 is 13.9 Å². The van der Waals surface area contributed by atoms with E-state index >= 15 is 0 Å². The zero-order valence-corrected chi connectivity index (χ0v) is 11.0. The van der Waals surface area contributed by atoms with Crippen LogP contribution in [0.5, 0.6) is 0 Å². The van der Waals surface area contributed by atoms with Crippen LogP contribution in [0.15, 0.2) is 46.9 Å². The average Bonchev–Trinajstić information content (AvgIpc) is 2.34. The fourth-order valence-corrected chi connectivity index (χ4v) is 2.29. The molecule has 94 valence electrons. The van der Waals surface area contributed by atoms with Crippen molar-refractivity contribution in [1.82, 2.24) is 0 Å². The molecule has 0 aliphatic rings. The minimum absolute atomic E-state index is 0.236. The van der Waals surface area contributed by atoms with Crippen LogP contribution in [0.1, 0.15) is 17.2 Å². The van der Waals surface area contributed by atoms with E-state index < -0.39 is 17.7 Å². The lowest BCUT2D eigenvalue weighted by Crippen LogP contribution is -2.03. The second-order valence-corrected chi connectivity index (χ2v) is 4.84. The van der Waals surface area contributed by atoms with E-state index in [0.717, 1.165) is 22.2 Å². The van der Waals surface area contributed by atoms with E-state index in [0.29, 0.717) is 5.56 Å². The fraction of sp³-hybridized carbons (Fsp3) is 0.143. The van der Waals surface area contributed by atoms with Crippen molar-refractivity contribution in [2.45, 2.75) is 12.5 Å². The highest BCUT2D eigenvalue weighted by atomic mass is 79.9. The number of halogens is 3. The second-order valence-electron chi connectivity index (χ2n) is 3.99. The molecule has 0 heterocycles. The Labute approximate surface area is 112 Å². The first-order valence-electron chi connectivity index (χ1n) is 5.44. The number of aliphatic hydroxyl groups is 1. The van der Waals surface area contributed by atoms with Gasteiger partial charge in [-0.3, -0.25) is 0 Å². The summed E-state index contributed by atoms with van der Waals surface area (Å²) in [4.78, 5) is 0. The number of hydrogen-bond acceptors (Lipinski definition) is 1. The molecular weight excluding hydrogens is 302 g/mol. The molecule has 1 N–H and O–H groups in total. The molecule has 4 heteroatoms. The molecule has 2 aromatic carbocycles. The quantitative estimate of drug-likeness (QED) is 0.908. The van der Waals surface area contributed by atoms with Crippen LogP contribution in [-0.4, -0.2) is 5.11 Å². The van der Waals surface area contributed by atoms with Gasteiger partial charge in [0.05, 0.1) is 6.10 Å². The van der Waals surface area contributed by atoms with E-state index in [2.05, 4.69) is 15.9 Å². The molecule has 0 aliphatic carbocycles. The Morgan fingerprint density at radius 3 is 2.44 bits per heavy atom. The van der Waals surface area contributed by atoms with E-state index in [-0.39, 0.29) is 6.42 Å². The minimum Gasteiger partial charge on any atom is -0.388 e. The van der Waals surface area contributed by atoms with E-state index in [9.17, 15) is 13.9 Å². The first-order chi connectivity index (χ1) is 8.58. The van der Waals surface area contributed by atoms with Crippen molar-refractivity contribution in [3.63, 3.8) is 0 Å². The van der Waals surface area contributed by atoms with Gasteiger partial charge in [0.25, 0.3) is 0 Å². The van der Waals surface area contributed by atoms with E-state index in [1.165, 1.54) is 6.07 Å². The Bertz CT molecular complexity index is 557. The van der Waals surface area contributed by atoms with Crippen molar-refractivity contribution in [2.24, 2.45) is 0 Å². The maximum absolute atomic E-state index is 13.0.